The molecule has 1 saturated heterocycles. The standard InChI is InChI=1S/C10H11Br2ClO2/c11-7-4-8(15-10(7)12)9-6(5-13)2-1-3-14-9/h4,6,9H,1-3,5H2. The van der Waals surface area contributed by atoms with E-state index in [9.17, 15) is 0 Å². The van der Waals surface area contributed by atoms with Crippen LogP contribution in [0.1, 0.15) is 24.7 Å². The number of halogens is 3. The average Bonchev–Trinajstić information content (AvgIpc) is 2.59. The van der Waals surface area contributed by atoms with Crippen molar-refractivity contribution < 1.29 is 9.15 Å². The van der Waals surface area contributed by atoms with Crippen molar-refractivity contribution in [2.45, 2.75) is 18.9 Å². The van der Waals surface area contributed by atoms with Gasteiger partial charge in [-0.05, 0) is 50.8 Å². The van der Waals surface area contributed by atoms with Gasteiger partial charge in [-0.15, -0.1) is 11.6 Å². The molecule has 2 nitrogen and oxygen atoms in total. The zero-order valence-electron chi connectivity index (χ0n) is 8.01. The van der Waals surface area contributed by atoms with E-state index >= 15 is 0 Å². The van der Waals surface area contributed by atoms with Gasteiger partial charge < -0.3 is 9.15 Å². The highest BCUT2D eigenvalue weighted by molar-refractivity contribution is 9.13. The van der Waals surface area contributed by atoms with Gasteiger partial charge in [-0.2, -0.15) is 0 Å². The van der Waals surface area contributed by atoms with Gasteiger partial charge in [0, 0.05) is 18.4 Å². The summed E-state index contributed by atoms with van der Waals surface area (Å²) in [7, 11) is 0. The Morgan fingerprint density at radius 2 is 2.27 bits per heavy atom. The first-order chi connectivity index (χ1) is 7.22. The van der Waals surface area contributed by atoms with Crippen molar-refractivity contribution >= 4 is 43.5 Å². The Kier molecular flexibility index (Phi) is 4.16. The SMILES string of the molecule is ClCC1CCCOC1c1cc(Br)c(Br)o1. The quantitative estimate of drug-likeness (QED) is 0.726. The van der Waals surface area contributed by atoms with Gasteiger partial charge >= 0.3 is 0 Å². The molecule has 1 aromatic heterocycles. The highest BCUT2D eigenvalue weighted by atomic mass is 79.9. The molecule has 84 valence electrons. The molecule has 2 unspecified atom stereocenters. The summed E-state index contributed by atoms with van der Waals surface area (Å²) >= 11 is 12.6. The van der Waals surface area contributed by atoms with Gasteiger partial charge in [-0.25, -0.2) is 0 Å². The molecule has 1 aliphatic heterocycles. The lowest BCUT2D eigenvalue weighted by atomic mass is 9.95. The second-order valence-electron chi connectivity index (χ2n) is 3.62. The van der Waals surface area contributed by atoms with E-state index in [4.69, 9.17) is 20.8 Å². The zero-order chi connectivity index (χ0) is 10.8. The van der Waals surface area contributed by atoms with Gasteiger partial charge in [0.1, 0.15) is 11.9 Å². The number of furan rings is 1. The first-order valence-corrected chi connectivity index (χ1v) is 6.96. The largest absolute Gasteiger partial charge is 0.450 e. The smallest absolute Gasteiger partial charge is 0.183 e. The Labute approximate surface area is 111 Å². The summed E-state index contributed by atoms with van der Waals surface area (Å²) in [5.41, 5.74) is 0. The minimum Gasteiger partial charge on any atom is -0.450 e. The van der Waals surface area contributed by atoms with Crippen LogP contribution < -0.4 is 0 Å². The summed E-state index contributed by atoms with van der Waals surface area (Å²) in [6, 6.07) is 1.94. The predicted octanol–water partition coefficient (Wildman–Crippen LogP) is 4.51. The molecule has 15 heavy (non-hydrogen) atoms. The van der Waals surface area contributed by atoms with Crippen molar-refractivity contribution in [3.05, 3.63) is 21.0 Å². The van der Waals surface area contributed by atoms with Crippen LogP contribution in [-0.2, 0) is 4.74 Å². The third-order valence-corrected chi connectivity index (χ3v) is 4.69. The molecule has 0 spiro atoms. The van der Waals surface area contributed by atoms with Crippen LogP contribution in [0.3, 0.4) is 0 Å². The highest BCUT2D eigenvalue weighted by Crippen LogP contribution is 2.38. The maximum Gasteiger partial charge on any atom is 0.183 e. The van der Waals surface area contributed by atoms with Crippen LogP contribution in [-0.4, -0.2) is 12.5 Å². The number of ether oxygens (including phenoxy) is 1. The van der Waals surface area contributed by atoms with Gasteiger partial charge in [-0.3, -0.25) is 0 Å². The molecule has 2 rings (SSSR count). The van der Waals surface area contributed by atoms with Gasteiger partial charge in [0.15, 0.2) is 4.67 Å². The van der Waals surface area contributed by atoms with Crippen molar-refractivity contribution in [3.8, 4) is 0 Å². The molecule has 0 saturated carbocycles. The van der Waals surface area contributed by atoms with E-state index in [-0.39, 0.29) is 6.10 Å². The van der Waals surface area contributed by atoms with Gasteiger partial charge in [0.2, 0.25) is 0 Å². The van der Waals surface area contributed by atoms with E-state index in [0.29, 0.717) is 16.5 Å². The maximum atomic E-state index is 5.93. The fourth-order valence-corrected chi connectivity index (χ4v) is 2.74. The number of rotatable bonds is 2. The molecule has 2 atom stereocenters. The summed E-state index contributed by atoms with van der Waals surface area (Å²) < 4.78 is 12.9. The van der Waals surface area contributed by atoms with Gasteiger partial charge in [0.05, 0.1) is 4.47 Å². The van der Waals surface area contributed by atoms with Crippen LogP contribution in [0.2, 0.25) is 0 Å². The third kappa shape index (κ3) is 2.60. The highest BCUT2D eigenvalue weighted by Gasteiger charge is 2.29. The molecule has 0 radical (unpaired) electrons. The molecule has 0 aromatic carbocycles. The molecule has 0 N–H and O–H groups in total. The lowest BCUT2D eigenvalue weighted by Gasteiger charge is -2.28. The summed E-state index contributed by atoms with van der Waals surface area (Å²) in [6.07, 6.45) is 2.18. The van der Waals surface area contributed by atoms with Crippen molar-refractivity contribution in [1.29, 1.82) is 0 Å². The number of hydrogen-bond donors (Lipinski definition) is 0. The van der Waals surface area contributed by atoms with Crippen LogP contribution in [0.15, 0.2) is 19.6 Å². The lowest BCUT2D eigenvalue weighted by molar-refractivity contribution is -0.0333. The third-order valence-electron chi connectivity index (χ3n) is 2.59. The van der Waals surface area contributed by atoms with Gasteiger partial charge in [-0.1, -0.05) is 0 Å². The Bertz CT molecular complexity index is 321. The number of hydrogen-bond acceptors (Lipinski definition) is 2. The van der Waals surface area contributed by atoms with E-state index < -0.39 is 0 Å². The van der Waals surface area contributed by atoms with E-state index in [1.807, 2.05) is 6.07 Å². The Hall–Kier alpha value is 0.490. The second-order valence-corrected chi connectivity index (χ2v) is 5.50. The molecule has 0 bridgehead atoms. The molecular formula is C10H11Br2ClO2. The molecule has 0 aliphatic carbocycles. The molecular weight excluding hydrogens is 347 g/mol. The van der Waals surface area contributed by atoms with Crippen LogP contribution in [0.25, 0.3) is 0 Å². The van der Waals surface area contributed by atoms with Crippen LogP contribution >= 0.6 is 43.5 Å². The Morgan fingerprint density at radius 3 is 2.87 bits per heavy atom. The van der Waals surface area contributed by atoms with Crippen molar-refractivity contribution in [2.75, 3.05) is 12.5 Å². The number of alkyl halides is 1. The normalized spacial score (nSPS) is 26.9. The van der Waals surface area contributed by atoms with Gasteiger partial charge in [0.25, 0.3) is 0 Å². The Balaban J connectivity index is 2.20. The molecule has 2 heterocycles. The van der Waals surface area contributed by atoms with Crippen molar-refractivity contribution in [2.24, 2.45) is 5.92 Å². The molecule has 1 aromatic rings. The maximum absolute atomic E-state index is 5.93. The van der Waals surface area contributed by atoms with Crippen LogP contribution in [0, 0.1) is 5.92 Å². The first-order valence-electron chi connectivity index (χ1n) is 4.84. The minimum atomic E-state index is -0.00106. The fraction of sp³-hybridized carbons (Fsp3) is 0.600. The van der Waals surface area contributed by atoms with E-state index in [1.165, 1.54) is 0 Å². The average molecular weight is 358 g/mol. The van der Waals surface area contributed by atoms with Crippen LogP contribution in [0.5, 0.6) is 0 Å². The minimum absolute atomic E-state index is 0.00106. The molecule has 5 heteroatoms. The second kappa shape index (κ2) is 5.21. The summed E-state index contributed by atoms with van der Waals surface area (Å²) in [5.74, 6) is 1.81. The molecule has 0 amide bonds. The fourth-order valence-electron chi connectivity index (χ4n) is 1.82. The first kappa shape index (κ1) is 12.0. The zero-order valence-corrected chi connectivity index (χ0v) is 11.9. The van der Waals surface area contributed by atoms with Crippen molar-refractivity contribution in [3.63, 3.8) is 0 Å². The molecule has 1 aliphatic rings. The van der Waals surface area contributed by atoms with E-state index in [1.54, 1.807) is 0 Å². The van der Waals surface area contributed by atoms with E-state index in [2.05, 4.69) is 31.9 Å². The predicted molar refractivity (Wildman–Crippen MR) is 66.2 cm³/mol. The summed E-state index contributed by atoms with van der Waals surface area (Å²) in [4.78, 5) is 0. The monoisotopic (exact) mass is 356 g/mol. The summed E-state index contributed by atoms with van der Waals surface area (Å²) in [5, 5.41) is 0. The Morgan fingerprint density at radius 1 is 1.47 bits per heavy atom. The molecule has 1 fully saturated rings. The lowest BCUT2D eigenvalue weighted by Crippen LogP contribution is -2.23. The topological polar surface area (TPSA) is 22.4 Å². The van der Waals surface area contributed by atoms with E-state index in [0.717, 1.165) is 29.7 Å². The van der Waals surface area contributed by atoms with Crippen LogP contribution in [0.4, 0.5) is 0 Å². The summed E-state index contributed by atoms with van der Waals surface area (Å²) in [6.45, 7) is 0.786. The van der Waals surface area contributed by atoms with Crippen molar-refractivity contribution in [1.82, 2.24) is 0 Å².